The zero-order valence-corrected chi connectivity index (χ0v) is 17.8. The van der Waals surface area contributed by atoms with E-state index in [1.54, 1.807) is 34.6 Å². The molecule has 8 heteroatoms. The number of carbonyl (C=O) groups is 1. The molecule has 0 unspecified atom stereocenters. The van der Waals surface area contributed by atoms with E-state index in [9.17, 15) is 9.18 Å². The lowest BCUT2D eigenvalue weighted by Crippen LogP contribution is -2.15. The number of thiazole rings is 1. The molecule has 2 heterocycles. The topological polar surface area (TPSA) is 59.8 Å². The van der Waals surface area contributed by atoms with Gasteiger partial charge in [-0.05, 0) is 37.3 Å². The van der Waals surface area contributed by atoms with Gasteiger partial charge in [0.05, 0.1) is 10.4 Å². The molecule has 0 aliphatic rings. The largest absolute Gasteiger partial charge is 0.306 e. The minimum absolute atomic E-state index is 0.232. The first-order valence-electron chi connectivity index (χ1n) is 9.11. The predicted molar refractivity (Wildman–Crippen MR) is 117 cm³/mol. The first kappa shape index (κ1) is 19.6. The zero-order valence-electron chi connectivity index (χ0n) is 16.1. The summed E-state index contributed by atoms with van der Waals surface area (Å²) in [6, 6.07) is 14.1. The lowest BCUT2D eigenvalue weighted by Gasteiger charge is -2.09. The van der Waals surface area contributed by atoms with Gasteiger partial charge in [0.25, 0.3) is 5.91 Å². The number of hydrogen-bond acceptors (Lipinski definition) is 5. The van der Waals surface area contributed by atoms with Crippen LogP contribution in [0.15, 0.2) is 53.4 Å². The number of nitrogens with one attached hydrogen (secondary N) is 1. The Morgan fingerprint density at radius 2 is 2.00 bits per heavy atom. The molecule has 0 fully saturated rings. The van der Waals surface area contributed by atoms with Crippen LogP contribution in [0.5, 0.6) is 0 Å². The number of thioether (sulfide) groups is 1. The number of amides is 1. The van der Waals surface area contributed by atoms with Crippen molar-refractivity contribution < 1.29 is 9.18 Å². The van der Waals surface area contributed by atoms with Gasteiger partial charge in [-0.25, -0.2) is 9.37 Å². The Morgan fingerprint density at radius 1 is 1.21 bits per heavy atom. The number of fused-ring (bicyclic) bond motifs is 1. The van der Waals surface area contributed by atoms with Crippen LogP contribution in [0.3, 0.4) is 0 Å². The molecule has 4 rings (SSSR count). The first-order valence-corrected chi connectivity index (χ1v) is 10.8. The Labute approximate surface area is 176 Å². The second-order valence-corrected chi connectivity index (χ2v) is 9.47. The summed E-state index contributed by atoms with van der Waals surface area (Å²) >= 11 is 3.02. The van der Waals surface area contributed by atoms with Crippen LogP contribution in [0.25, 0.3) is 15.3 Å². The SMILES string of the molecule is Cc1cc(NC(=O)c2cccc(SC(C)C)c2)n(-c2nc3c(F)cccc3s2)n1. The number of hydrogen-bond donors (Lipinski definition) is 1. The molecule has 148 valence electrons. The van der Waals surface area contributed by atoms with Crippen LogP contribution < -0.4 is 5.32 Å². The van der Waals surface area contributed by atoms with Crippen LogP contribution in [0, 0.1) is 12.7 Å². The third-order valence-electron chi connectivity index (χ3n) is 4.08. The van der Waals surface area contributed by atoms with E-state index >= 15 is 0 Å². The second kappa shape index (κ2) is 7.96. The lowest BCUT2D eigenvalue weighted by atomic mass is 10.2. The van der Waals surface area contributed by atoms with Crippen molar-refractivity contribution in [3.63, 3.8) is 0 Å². The monoisotopic (exact) mass is 426 g/mol. The number of rotatable bonds is 5. The zero-order chi connectivity index (χ0) is 20.5. The minimum atomic E-state index is -0.376. The van der Waals surface area contributed by atoms with Gasteiger partial charge in [0.2, 0.25) is 5.13 Å². The summed E-state index contributed by atoms with van der Waals surface area (Å²) in [5, 5.41) is 8.27. The van der Waals surface area contributed by atoms with Crippen molar-refractivity contribution in [2.75, 3.05) is 5.32 Å². The molecule has 0 saturated carbocycles. The molecule has 0 spiro atoms. The normalized spacial score (nSPS) is 11.3. The molecular weight excluding hydrogens is 407 g/mol. The van der Waals surface area contributed by atoms with E-state index in [2.05, 4.69) is 29.2 Å². The molecule has 0 aliphatic carbocycles. The molecule has 0 radical (unpaired) electrons. The van der Waals surface area contributed by atoms with Crippen LogP contribution in [0.2, 0.25) is 0 Å². The molecule has 5 nitrogen and oxygen atoms in total. The number of anilines is 1. The van der Waals surface area contributed by atoms with Crippen molar-refractivity contribution in [3.05, 3.63) is 65.6 Å². The third kappa shape index (κ3) is 4.18. The predicted octanol–water partition coefficient (Wildman–Crippen LogP) is 5.68. The number of carbonyl (C=O) groups excluding carboxylic acids is 1. The summed E-state index contributed by atoms with van der Waals surface area (Å²) in [5.41, 5.74) is 1.59. The van der Waals surface area contributed by atoms with Gasteiger partial charge < -0.3 is 5.32 Å². The van der Waals surface area contributed by atoms with E-state index in [0.29, 0.717) is 27.3 Å². The average molecular weight is 427 g/mol. The Hall–Kier alpha value is -2.71. The lowest BCUT2D eigenvalue weighted by molar-refractivity contribution is 0.102. The highest BCUT2D eigenvalue weighted by atomic mass is 32.2. The van der Waals surface area contributed by atoms with Crippen molar-refractivity contribution >= 4 is 45.0 Å². The van der Waals surface area contributed by atoms with Crippen molar-refractivity contribution in [2.45, 2.75) is 30.9 Å². The molecule has 29 heavy (non-hydrogen) atoms. The first-order chi connectivity index (χ1) is 13.9. The summed E-state index contributed by atoms with van der Waals surface area (Å²) in [4.78, 5) is 18.2. The molecule has 0 aliphatic heterocycles. The highest BCUT2D eigenvalue weighted by Crippen LogP contribution is 2.29. The van der Waals surface area contributed by atoms with Crippen molar-refractivity contribution in [2.24, 2.45) is 0 Å². The fourth-order valence-corrected chi connectivity index (χ4v) is 4.74. The quantitative estimate of drug-likeness (QED) is 0.417. The Balaban J connectivity index is 1.65. The summed E-state index contributed by atoms with van der Waals surface area (Å²) < 4.78 is 16.3. The Kier molecular flexibility index (Phi) is 5.38. The molecule has 0 saturated heterocycles. The fraction of sp³-hybridized carbons (Fsp3) is 0.190. The van der Waals surface area contributed by atoms with E-state index in [1.165, 1.54) is 17.4 Å². The van der Waals surface area contributed by atoms with Gasteiger partial charge in [-0.2, -0.15) is 9.78 Å². The van der Waals surface area contributed by atoms with E-state index in [4.69, 9.17) is 0 Å². The third-order valence-corrected chi connectivity index (χ3v) is 6.07. The molecule has 0 atom stereocenters. The number of para-hydroxylation sites is 1. The standard InChI is InChI=1S/C21H19FN4OS2/c1-12(2)28-15-7-4-6-14(11-15)20(27)23-18-10-13(3)25-26(18)21-24-19-16(22)8-5-9-17(19)29-21/h4-12H,1-3H3,(H,23,27). The number of nitrogens with zero attached hydrogens (tertiary/aromatic N) is 3. The number of halogens is 1. The fourth-order valence-electron chi connectivity index (χ4n) is 2.90. The van der Waals surface area contributed by atoms with Gasteiger partial charge in [0.1, 0.15) is 17.2 Å². The van der Waals surface area contributed by atoms with Crippen LogP contribution >= 0.6 is 23.1 Å². The number of aryl methyl sites for hydroxylation is 1. The molecule has 2 aromatic carbocycles. The molecule has 1 N–H and O–H groups in total. The molecule has 4 aromatic rings. The molecular formula is C21H19FN4OS2. The van der Waals surface area contributed by atoms with Crippen LogP contribution in [-0.2, 0) is 0 Å². The van der Waals surface area contributed by atoms with Crippen molar-refractivity contribution in [1.82, 2.24) is 14.8 Å². The minimum Gasteiger partial charge on any atom is -0.306 e. The van der Waals surface area contributed by atoms with E-state index in [1.807, 2.05) is 31.2 Å². The summed E-state index contributed by atoms with van der Waals surface area (Å²) in [7, 11) is 0. The van der Waals surface area contributed by atoms with Gasteiger partial charge in [-0.1, -0.05) is 37.3 Å². The van der Waals surface area contributed by atoms with E-state index in [0.717, 1.165) is 15.3 Å². The maximum absolute atomic E-state index is 14.0. The summed E-state index contributed by atoms with van der Waals surface area (Å²) in [6.07, 6.45) is 0. The number of aromatic nitrogens is 3. The Morgan fingerprint density at radius 3 is 2.76 bits per heavy atom. The van der Waals surface area contributed by atoms with Gasteiger partial charge in [-0.15, -0.1) is 11.8 Å². The van der Waals surface area contributed by atoms with E-state index in [-0.39, 0.29) is 11.7 Å². The highest BCUT2D eigenvalue weighted by Gasteiger charge is 2.17. The van der Waals surface area contributed by atoms with Crippen LogP contribution in [-0.4, -0.2) is 25.9 Å². The van der Waals surface area contributed by atoms with Crippen LogP contribution in [0.4, 0.5) is 10.2 Å². The molecule has 2 aromatic heterocycles. The van der Waals surface area contributed by atoms with Gasteiger partial charge in [-0.3, -0.25) is 4.79 Å². The average Bonchev–Trinajstić information content (AvgIpc) is 3.25. The van der Waals surface area contributed by atoms with Crippen molar-refractivity contribution in [3.8, 4) is 5.13 Å². The second-order valence-electron chi connectivity index (χ2n) is 6.81. The molecule has 1 amide bonds. The summed E-state index contributed by atoms with van der Waals surface area (Å²) in [5.74, 6) is -0.113. The maximum atomic E-state index is 14.0. The van der Waals surface area contributed by atoms with E-state index < -0.39 is 0 Å². The van der Waals surface area contributed by atoms with Gasteiger partial charge in [0.15, 0.2) is 0 Å². The smallest absolute Gasteiger partial charge is 0.256 e. The Bertz CT molecular complexity index is 1200. The van der Waals surface area contributed by atoms with Gasteiger partial charge >= 0.3 is 0 Å². The van der Waals surface area contributed by atoms with Crippen LogP contribution in [0.1, 0.15) is 29.9 Å². The van der Waals surface area contributed by atoms with Crippen molar-refractivity contribution in [1.29, 1.82) is 0 Å². The van der Waals surface area contributed by atoms with Gasteiger partial charge in [0, 0.05) is 21.8 Å². The summed E-state index contributed by atoms with van der Waals surface area (Å²) in [6.45, 7) is 6.05. The maximum Gasteiger partial charge on any atom is 0.256 e. The highest BCUT2D eigenvalue weighted by molar-refractivity contribution is 7.99. The molecule has 0 bridgehead atoms. The number of benzene rings is 2.